The summed E-state index contributed by atoms with van der Waals surface area (Å²) in [4.78, 5) is 2.42. The summed E-state index contributed by atoms with van der Waals surface area (Å²) in [6.07, 6.45) is 2.66. The highest BCUT2D eigenvalue weighted by Gasteiger charge is 2.16. The maximum atomic E-state index is 6.08. The van der Waals surface area contributed by atoms with Gasteiger partial charge in [0.15, 0.2) is 0 Å². The standard InChI is InChI=1S/C18H31N3O/c1-4-5-8-20-14-16-6-7-17(18(13-16)22-15(2)3)21-11-9-19-10-12-21/h6-7,13,15,19-20H,4-5,8-12,14H2,1-3H3. The molecule has 1 saturated heterocycles. The summed E-state index contributed by atoms with van der Waals surface area (Å²) >= 11 is 0. The molecule has 1 aromatic rings. The molecular formula is C18H31N3O. The number of hydrogen-bond donors (Lipinski definition) is 2. The maximum absolute atomic E-state index is 6.08. The molecule has 0 aromatic heterocycles. The van der Waals surface area contributed by atoms with E-state index < -0.39 is 0 Å². The van der Waals surface area contributed by atoms with Crippen LogP contribution in [0.25, 0.3) is 0 Å². The number of ether oxygens (including phenoxy) is 1. The zero-order valence-corrected chi connectivity index (χ0v) is 14.3. The Balaban J connectivity index is 2.07. The number of anilines is 1. The van der Waals surface area contributed by atoms with Crippen molar-refractivity contribution in [2.24, 2.45) is 0 Å². The molecule has 0 aliphatic carbocycles. The topological polar surface area (TPSA) is 36.5 Å². The van der Waals surface area contributed by atoms with E-state index in [0.29, 0.717) is 0 Å². The third-order valence-electron chi connectivity index (χ3n) is 3.88. The van der Waals surface area contributed by atoms with Gasteiger partial charge in [0.25, 0.3) is 0 Å². The van der Waals surface area contributed by atoms with Gasteiger partial charge in [-0.05, 0) is 44.5 Å². The molecule has 0 bridgehead atoms. The first-order chi connectivity index (χ1) is 10.7. The lowest BCUT2D eigenvalue weighted by molar-refractivity contribution is 0.242. The molecule has 0 radical (unpaired) electrons. The van der Waals surface area contributed by atoms with Crippen LogP contribution in [0, 0.1) is 0 Å². The highest BCUT2D eigenvalue weighted by atomic mass is 16.5. The van der Waals surface area contributed by atoms with Gasteiger partial charge in [-0.15, -0.1) is 0 Å². The van der Waals surface area contributed by atoms with E-state index in [1.165, 1.54) is 24.1 Å². The van der Waals surface area contributed by atoms with Gasteiger partial charge in [0.05, 0.1) is 11.8 Å². The van der Waals surface area contributed by atoms with Crippen LogP contribution < -0.4 is 20.3 Å². The highest BCUT2D eigenvalue weighted by Crippen LogP contribution is 2.30. The lowest BCUT2D eigenvalue weighted by Crippen LogP contribution is -2.43. The van der Waals surface area contributed by atoms with Crippen LogP contribution in [0.15, 0.2) is 18.2 Å². The molecule has 1 aliphatic rings. The molecule has 1 aromatic carbocycles. The average Bonchev–Trinajstić information content (AvgIpc) is 2.52. The molecular weight excluding hydrogens is 274 g/mol. The van der Waals surface area contributed by atoms with E-state index in [4.69, 9.17) is 4.74 Å². The molecule has 1 aliphatic heterocycles. The summed E-state index contributed by atoms with van der Waals surface area (Å²) in [7, 11) is 0. The molecule has 22 heavy (non-hydrogen) atoms. The first-order valence-electron chi connectivity index (χ1n) is 8.66. The first kappa shape index (κ1) is 17.1. The number of piperazine rings is 1. The van der Waals surface area contributed by atoms with E-state index >= 15 is 0 Å². The molecule has 4 heteroatoms. The maximum Gasteiger partial charge on any atom is 0.143 e. The number of unbranched alkanes of at least 4 members (excludes halogenated alkanes) is 1. The van der Waals surface area contributed by atoms with Gasteiger partial charge in [-0.2, -0.15) is 0 Å². The third-order valence-corrected chi connectivity index (χ3v) is 3.88. The largest absolute Gasteiger partial charge is 0.489 e. The molecule has 1 heterocycles. The lowest BCUT2D eigenvalue weighted by atomic mass is 10.1. The summed E-state index contributed by atoms with van der Waals surface area (Å²) in [6, 6.07) is 6.65. The van der Waals surface area contributed by atoms with E-state index in [9.17, 15) is 0 Å². The second-order valence-corrected chi connectivity index (χ2v) is 6.24. The summed E-state index contributed by atoms with van der Waals surface area (Å²) in [5, 5.41) is 6.91. The zero-order valence-electron chi connectivity index (χ0n) is 14.3. The normalized spacial score (nSPS) is 15.4. The first-order valence-corrected chi connectivity index (χ1v) is 8.66. The number of benzene rings is 1. The van der Waals surface area contributed by atoms with Gasteiger partial charge in [0.2, 0.25) is 0 Å². The van der Waals surface area contributed by atoms with Crippen LogP contribution in [0.3, 0.4) is 0 Å². The van der Waals surface area contributed by atoms with Gasteiger partial charge in [-0.3, -0.25) is 0 Å². The lowest BCUT2D eigenvalue weighted by Gasteiger charge is -2.31. The minimum atomic E-state index is 0.199. The van der Waals surface area contributed by atoms with Gasteiger partial charge >= 0.3 is 0 Å². The average molecular weight is 305 g/mol. The number of rotatable bonds is 8. The minimum Gasteiger partial charge on any atom is -0.489 e. The Morgan fingerprint density at radius 1 is 1.27 bits per heavy atom. The summed E-state index contributed by atoms with van der Waals surface area (Å²) in [5.74, 6) is 1.02. The second-order valence-electron chi connectivity index (χ2n) is 6.24. The smallest absolute Gasteiger partial charge is 0.143 e. The van der Waals surface area contributed by atoms with Crippen molar-refractivity contribution in [3.05, 3.63) is 23.8 Å². The van der Waals surface area contributed by atoms with Crippen LogP contribution in [-0.2, 0) is 6.54 Å². The van der Waals surface area contributed by atoms with E-state index in [-0.39, 0.29) is 6.10 Å². The Labute approximate surface area is 135 Å². The predicted octanol–water partition coefficient (Wildman–Crippen LogP) is 2.77. The Morgan fingerprint density at radius 2 is 2.05 bits per heavy atom. The molecule has 0 unspecified atom stereocenters. The molecule has 4 nitrogen and oxygen atoms in total. The molecule has 0 amide bonds. The fourth-order valence-corrected chi connectivity index (χ4v) is 2.72. The van der Waals surface area contributed by atoms with Crippen LogP contribution in [-0.4, -0.2) is 38.8 Å². The predicted molar refractivity (Wildman–Crippen MR) is 93.9 cm³/mol. The van der Waals surface area contributed by atoms with Crippen LogP contribution in [0.5, 0.6) is 5.75 Å². The monoisotopic (exact) mass is 305 g/mol. The molecule has 0 saturated carbocycles. The number of nitrogens with one attached hydrogen (secondary N) is 2. The number of nitrogens with zero attached hydrogens (tertiary/aromatic N) is 1. The van der Waals surface area contributed by atoms with Gasteiger partial charge in [-0.25, -0.2) is 0 Å². The molecule has 2 rings (SSSR count). The highest BCUT2D eigenvalue weighted by molar-refractivity contribution is 5.60. The molecule has 0 atom stereocenters. The fourth-order valence-electron chi connectivity index (χ4n) is 2.72. The van der Waals surface area contributed by atoms with Crippen molar-refractivity contribution in [3.63, 3.8) is 0 Å². The van der Waals surface area contributed by atoms with Crippen molar-refractivity contribution in [1.82, 2.24) is 10.6 Å². The summed E-state index contributed by atoms with van der Waals surface area (Å²) in [5.41, 5.74) is 2.53. The van der Waals surface area contributed by atoms with Crippen molar-refractivity contribution >= 4 is 5.69 Å². The van der Waals surface area contributed by atoms with Crippen molar-refractivity contribution in [3.8, 4) is 5.75 Å². The van der Waals surface area contributed by atoms with E-state index in [1.807, 2.05) is 0 Å². The summed E-state index contributed by atoms with van der Waals surface area (Å²) < 4.78 is 6.08. The van der Waals surface area contributed by atoms with Crippen LogP contribution in [0.1, 0.15) is 39.2 Å². The molecule has 1 fully saturated rings. The Morgan fingerprint density at radius 3 is 2.73 bits per heavy atom. The van der Waals surface area contributed by atoms with Gasteiger partial charge in [-0.1, -0.05) is 19.4 Å². The van der Waals surface area contributed by atoms with Gasteiger partial charge in [0, 0.05) is 32.7 Å². The Bertz CT molecular complexity index is 442. The van der Waals surface area contributed by atoms with Crippen molar-refractivity contribution in [2.45, 2.75) is 46.3 Å². The van der Waals surface area contributed by atoms with E-state index in [2.05, 4.69) is 54.5 Å². The van der Waals surface area contributed by atoms with E-state index in [0.717, 1.165) is 45.0 Å². The number of hydrogen-bond acceptors (Lipinski definition) is 4. The minimum absolute atomic E-state index is 0.199. The molecule has 2 N–H and O–H groups in total. The van der Waals surface area contributed by atoms with Crippen molar-refractivity contribution < 1.29 is 4.74 Å². The zero-order chi connectivity index (χ0) is 15.8. The van der Waals surface area contributed by atoms with Crippen LogP contribution >= 0.6 is 0 Å². The Kier molecular flexibility index (Phi) is 7.00. The van der Waals surface area contributed by atoms with Gasteiger partial charge in [0.1, 0.15) is 5.75 Å². The van der Waals surface area contributed by atoms with Crippen molar-refractivity contribution in [1.29, 1.82) is 0 Å². The van der Waals surface area contributed by atoms with Crippen LogP contribution in [0.4, 0.5) is 5.69 Å². The van der Waals surface area contributed by atoms with E-state index in [1.54, 1.807) is 0 Å². The van der Waals surface area contributed by atoms with Gasteiger partial charge < -0.3 is 20.3 Å². The second kappa shape index (κ2) is 9.01. The third kappa shape index (κ3) is 5.18. The SMILES string of the molecule is CCCCNCc1ccc(N2CCNCC2)c(OC(C)C)c1. The quantitative estimate of drug-likeness (QED) is 0.724. The molecule has 0 spiro atoms. The summed E-state index contributed by atoms with van der Waals surface area (Å²) in [6.45, 7) is 12.6. The Hall–Kier alpha value is -1.26. The fraction of sp³-hybridized carbons (Fsp3) is 0.667. The van der Waals surface area contributed by atoms with Crippen molar-refractivity contribution in [2.75, 3.05) is 37.6 Å². The molecule has 124 valence electrons. The van der Waals surface area contributed by atoms with Crippen LogP contribution in [0.2, 0.25) is 0 Å².